The number of hydrogen-bond acceptors (Lipinski definition) is 17. The summed E-state index contributed by atoms with van der Waals surface area (Å²) in [6, 6.07) is 11.1. The summed E-state index contributed by atoms with van der Waals surface area (Å²) >= 11 is 0. The van der Waals surface area contributed by atoms with Gasteiger partial charge in [0.05, 0.1) is 81.3 Å². The maximum absolute atomic E-state index is 14.2. The van der Waals surface area contributed by atoms with Gasteiger partial charge in [-0.25, -0.2) is 9.69 Å². The van der Waals surface area contributed by atoms with Crippen LogP contribution in [0.1, 0.15) is 91.1 Å². The molecular weight excluding hydrogens is 1090 g/mol. The highest BCUT2D eigenvalue weighted by Crippen LogP contribution is 2.43. The number of anilines is 1. The van der Waals surface area contributed by atoms with Crippen LogP contribution in [0, 0.1) is 11.8 Å². The van der Waals surface area contributed by atoms with E-state index in [4.69, 9.17) is 28.4 Å². The lowest BCUT2D eigenvalue weighted by Gasteiger charge is -2.31. The van der Waals surface area contributed by atoms with Gasteiger partial charge in [-0.3, -0.25) is 48.2 Å². The normalized spacial score (nSPS) is 18.6. The quantitative estimate of drug-likeness (QED) is 0.0516. The summed E-state index contributed by atoms with van der Waals surface area (Å²) in [5.41, 5.74) is 3.79. The molecule has 0 aliphatic carbocycles. The number of rotatable bonds is 27. The molecule has 0 saturated carbocycles. The van der Waals surface area contributed by atoms with E-state index >= 15 is 0 Å². The molecule has 446 valence electrons. The molecule has 84 heavy (non-hydrogen) atoms. The fourth-order valence-corrected chi connectivity index (χ4v) is 10.4. The molecule has 5 heterocycles. The largest absolute Gasteiger partial charge is 0.493 e. The highest BCUT2D eigenvalue weighted by Gasteiger charge is 2.46. The van der Waals surface area contributed by atoms with Crippen LogP contribution in [0.5, 0.6) is 23.0 Å². The Morgan fingerprint density at radius 2 is 1.39 bits per heavy atom. The smallest absolute Gasteiger partial charge is 0.416 e. The van der Waals surface area contributed by atoms with Crippen molar-refractivity contribution in [2.75, 3.05) is 71.7 Å². The first kappa shape index (κ1) is 61.4. The Kier molecular flexibility index (Phi) is 20.2. The molecule has 1 unspecified atom stereocenters. The van der Waals surface area contributed by atoms with Crippen LogP contribution < -0.4 is 34.5 Å². The first-order chi connectivity index (χ1) is 40.2. The number of nitrogens with zero attached hydrogens (tertiary/aromatic N) is 5. The monoisotopic (exact) mass is 1160 g/mol. The van der Waals surface area contributed by atoms with E-state index in [-0.39, 0.29) is 143 Å². The van der Waals surface area contributed by atoms with E-state index in [0.29, 0.717) is 58.8 Å². The zero-order valence-electron chi connectivity index (χ0n) is 47.8. The number of nitrogens with one attached hydrogen (secondary N) is 2. The van der Waals surface area contributed by atoms with Gasteiger partial charge in [-0.15, -0.1) is 0 Å². The number of benzene rings is 3. The van der Waals surface area contributed by atoms with Crippen LogP contribution in [0.2, 0.25) is 0 Å². The van der Waals surface area contributed by atoms with E-state index in [0.717, 1.165) is 27.5 Å². The third-order valence-electron chi connectivity index (χ3n) is 15.1. The lowest BCUT2D eigenvalue weighted by Crippen LogP contribution is -2.50. The van der Waals surface area contributed by atoms with Crippen LogP contribution in [-0.4, -0.2) is 170 Å². The molecule has 0 radical (unpaired) electrons. The number of methoxy groups -OCH3 is 2. The second-order valence-corrected chi connectivity index (χ2v) is 21.5. The number of ketones is 2. The Bertz CT molecular complexity index is 3140. The molecular formula is C61H71N7O16. The summed E-state index contributed by atoms with van der Waals surface area (Å²) < 4.78 is 34.9. The number of ether oxygens (including phenoxy) is 6. The Morgan fingerprint density at radius 1 is 0.762 bits per heavy atom. The van der Waals surface area contributed by atoms with Crippen molar-refractivity contribution < 1.29 is 76.7 Å². The number of carbonyl (C=O) groups excluding carboxylic acids is 9. The predicted molar refractivity (Wildman–Crippen MR) is 305 cm³/mol. The van der Waals surface area contributed by atoms with Crippen LogP contribution in [0.15, 0.2) is 90.0 Å². The highest BCUT2D eigenvalue weighted by molar-refractivity contribution is 6.13. The van der Waals surface area contributed by atoms with Gasteiger partial charge >= 0.3 is 6.09 Å². The van der Waals surface area contributed by atoms with Crippen molar-refractivity contribution >= 4 is 70.7 Å². The molecule has 8 rings (SSSR count). The van der Waals surface area contributed by atoms with Gasteiger partial charge in [0.1, 0.15) is 12.4 Å². The molecule has 5 atom stereocenters. The van der Waals surface area contributed by atoms with Crippen molar-refractivity contribution in [1.29, 1.82) is 0 Å². The van der Waals surface area contributed by atoms with Gasteiger partial charge in [0.25, 0.3) is 23.6 Å². The van der Waals surface area contributed by atoms with Crippen molar-refractivity contribution in [2.45, 2.75) is 96.7 Å². The lowest BCUT2D eigenvalue weighted by atomic mass is 9.88. The van der Waals surface area contributed by atoms with E-state index in [1.54, 1.807) is 54.4 Å². The van der Waals surface area contributed by atoms with Crippen LogP contribution in [0.4, 0.5) is 16.2 Å². The highest BCUT2D eigenvalue weighted by atomic mass is 16.6. The maximum Gasteiger partial charge on any atom is 0.416 e. The minimum atomic E-state index is -1.55. The number of amides is 7. The summed E-state index contributed by atoms with van der Waals surface area (Å²) in [7, 11) is 2.90. The average Bonchev–Trinajstić information content (AvgIpc) is 3.36. The van der Waals surface area contributed by atoms with Gasteiger partial charge in [-0.1, -0.05) is 62.4 Å². The second kappa shape index (κ2) is 27.6. The zero-order valence-corrected chi connectivity index (χ0v) is 47.8. The van der Waals surface area contributed by atoms with Gasteiger partial charge in [-0.05, 0) is 48.9 Å². The number of imide groups is 1. The van der Waals surface area contributed by atoms with Gasteiger partial charge in [0.15, 0.2) is 35.0 Å². The molecule has 3 N–H and O–H groups in total. The average molecular weight is 1160 g/mol. The van der Waals surface area contributed by atoms with Crippen molar-refractivity contribution in [3.05, 3.63) is 107 Å². The number of Topliss-reactive ketones (excluding diaryl/α,β-unsaturated/α-hetero) is 2. The Labute approximate surface area is 486 Å². The minimum Gasteiger partial charge on any atom is -0.493 e. The summed E-state index contributed by atoms with van der Waals surface area (Å²) in [5.74, 6) is -2.64. The minimum absolute atomic E-state index is 0.0341. The maximum atomic E-state index is 14.2. The first-order valence-corrected chi connectivity index (χ1v) is 27.9. The summed E-state index contributed by atoms with van der Waals surface area (Å²) in [6.45, 7) is 14.2. The number of fused-ring (bicyclic) bond motifs is 4. The summed E-state index contributed by atoms with van der Waals surface area (Å²) in [6.07, 6.45) is 2.66. The number of aliphatic hydroxyl groups excluding tert-OH is 1. The molecule has 23 nitrogen and oxygen atoms in total. The van der Waals surface area contributed by atoms with Crippen LogP contribution >= 0.6 is 0 Å². The molecule has 5 aliphatic rings. The fourth-order valence-electron chi connectivity index (χ4n) is 10.4. The fraction of sp³-hybridized carbons (Fsp3) is 0.443. The van der Waals surface area contributed by atoms with Gasteiger partial charge in [0, 0.05) is 94.7 Å². The van der Waals surface area contributed by atoms with E-state index in [1.807, 2.05) is 13.8 Å². The van der Waals surface area contributed by atoms with Crippen molar-refractivity contribution in [3.8, 4) is 23.0 Å². The zero-order chi connectivity index (χ0) is 60.4. The summed E-state index contributed by atoms with van der Waals surface area (Å²) in [5, 5.41) is 17.3. The molecule has 2 fully saturated rings. The van der Waals surface area contributed by atoms with Crippen LogP contribution in [-0.2, 0) is 51.3 Å². The van der Waals surface area contributed by atoms with Crippen molar-refractivity contribution in [3.63, 3.8) is 0 Å². The first-order valence-electron chi connectivity index (χ1n) is 27.9. The molecule has 0 aromatic heterocycles. The lowest BCUT2D eigenvalue weighted by molar-refractivity contribution is -0.137. The third-order valence-corrected chi connectivity index (χ3v) is 15.1. The topological polar surface area (TPSA) is 279 Å². The standard InChI is InChI=1S/C61H71N7O16/c1-35(2)43(26-42(69)16-21-81-22-17-62-54(71)15-18-65-55(72)13-14-56(65)73)57(74)64-38(5)49(70)25-39-9-11-40(12-10-39)34-84-61(78)68-47-30-53(51(80-7)28-45(47)59(76)67-33-37(4)24-48(67)60(68)77)83-20-8-19-82-52-29-46-44(27-50(52)79-6)58(75)66-32-36(3)23-41(66)31-63-46/h9-14,27-31,35,38,41,43,48,60,77H,3-4,8,15-26,32-34H2,1-2,5-7H3,(H,62,71)(H,64,74)/t38-,41-,43-,48-,60?/m0/s1. The molecule has 0 bridgehead atoms. The third kappa shape index (κ3) is 14.5. The van der Waals surface area contributed by atoms with Crippen molar-refractivity contribution in [2.24, 2.45) is 16.8 Å². The van der Waals surface area contributed by atoms with Crippen molar-refractivity contribution in [1.82, 2.24) is 25.3 Å². The van der Waals surface area contributed by atoms with Crippen LogP contribution in [0.3, 0.4) is 0 Å². The molecule has 5 aliphatic heterocycles. The number of hydrogen-bond donors (Lipinski definition) is 3. The molecule has 7 amide bonds. The summed E-state index contributed by atoms with van der Waals surface area (Å²) in [4.78, 5) is 127. The van der Waals surface area contributed by atoms with Crippen LogP contribution in [0.25, 0.3) is 0 Å². The van der Waals surface area contributed by atoms with Gasteiger partial charge in [-0.2, -0.15) is 0 Å². The molecule has 2 saturated heterocycles. The molecule has 0 spiro atoms. The molecule has 23 heteroatoms. The van der Waals surface area contributed by atoms with E-state index in [1.165, 1.54) is 31.3 Å². The van der Waals surface area contributed by atoms with E-state index < -0.39 is 54.0 Å². The Balaban J connectivity index is 0.817. The molecule has 3 aromatic carbocycles. The number of aliphatic imine (C=N–C) groups is 1. The van der Waals surface area contributed by atoms with E-state index in [9.17, 15) is 48.3 Å². The van der Waals surface area contributed by atoms with Gasteiger partial charge < -0.3 is 54.0 Å². The van der Waals surface area contributed by atoms with E-state index in [2.05, 4.69) is 28.8 Å². The second-order valence-electron chi connectivity index (χ2n) is 21.5. The SMILES string of the molecule is C=C1C[C@H]2C=Nc3cc(OCCCOc4cc5c(cc4OC)C(=O)N4CC(=C)C[C@H]4C(O)N5C(=O)OCc4ccc(CC(=O)[C@H](C)NC(=O)[C@@H](CC(=O)CCOCCNC(=O)CCN5C(=O)C=CC5=O)C(C)C)cc4)c(OC)cc3C(=O)N2C1. The predicted octanol–water partition coefficient (Wildman–Crippen LogP) is 4.97. The Hall–Kier alpha value is -8.70. The Morgan fingerprint density at radius 3 is 2.07 bits per heavy atom. The molecule has 3 aromatic rings. The number of carbonyl (C=O) groups is 9. The van der Waals surface area contributed by atoms with Gasteiger partial charge in [0.2, 0.25) is 11.8 Å². The number of aliphatic hydroxyl groups is 1.